The van der Waals surface area contributed by atoms with Gasteiger partial charge in [0.05, 0.1) is 5.92 Å². The summed E-state index contributed by atoms with van der Waals surface area (Å²) in [6, 6.07) is 8.18. The molecule has 2 rings (SSSR count). The van der Waals surface area contributed by atoms with Gasteiger partial charge in [-0.15, -0.1) is 0 Å². The van der Waals surface area contributed by atoms with E-state index in [9.17, 15) is 9.59 Å². The van der Waals surface area contributed by atoms with E-state index in [0.29, 0.717) is 19.5 Å². The first-order valence-electron chi connectivity index (χ1n) is 6.44. The van der Waals surface area contributed by atoms with Crippen molar-refractivity contribution in [3.63, 3.8) is 0 Å². The molecule has 1 saturated heterocycles. The third-order valence-corrected chi connectivity index (χ3v) is 3.73. The molecule has 1 aromatic carbocycles. The van der Waals surface area contributed by atoms with Gasteiger partial charge in [0.1, 0.15) is 0 Å². The number of amides is 2. The van der Waals surface area contributed by atoms with Crippen LogP contribution in [-0.2, 0) is 16.0 Å². The fourth-order valence-electron chi connectivity index (χ4n) is 2.09. The SMILES string of the molecule is O=C1CC(C(=O)NCCCc2ccc(Br)cc2)CN1. The molecule has 1 unspecified atom stereocenters. The molecule has 0 bridgehead atoms. The molecule has 19 heavy (non-hydrogen) atoms. The van der Waals surface area contributed by atoms with E-state index < -0.39 is 0 Å². The summed E-state index contributed by atoms with van der Waals surface area (Å²) in [5.74, 6) is -0.246. The van der Waals surface area contributed by atoms with Crippen molar-refractivity contribution in [2.24, 2.45) is 5.92 Å². The first-order chi connectivity index (χ1) is 9.15. The smallest absolute Gasteiger partial charge is 0.225 e. The van der Waals surface area contributed by atoms with E-state index >= 15 is 0 Å². The second-order valence-electron chi connectivity index (χ2n) is 4.73. The number of carbonyl (C=O) groups is 2. The van der Waals surface area contributed by atoms with Crippen LogP contribution < -0.4 is 10.6 Å². The Morgan fingerprint density at radius 3 is 2.74 bits per heavy atom. The molecule has 1 aliphatic heterocycles. The Balaban J connectivity index is 1.65. The van der Waals surface area contributed by atoms with E-state index in [2.05, 4.69) is 38.7 Å². The van der Waals surface area contributed by atoms with Crippen LogP contribution in [-0.4, -0.2) is 24.9 Å². The Bertz CT molecular complexity index is 459. The Labute approximate surface area is 121 Å². The zero-order valence-corrected chi connectivity index (χ0v) is 12.2. The van der Waals surface area contributed by atoms with Crippen LogP contribution in [0.15, 0.2) is 28.7 Å². The van der Waals surface area contributed by atoms with Crippen molar-refractivity contribution in [1.82, 2.24) is 10.6 Å². The van der Waals surface area contributed by atoms with Crippen molar-refractivity contribution in [1.29, 1.82) is 0 Å². The number of aryl methyl sites for hydroxylation is 1. The van der Waals surface area contributed by atoms with Gasteiger partial charge in [-0.05, 0) is 30.5 Å². The quantitative estimate of drug-likeness (QED) is 0.809. The lowest BCUT2D eigenvalue weighted by Gasteiger charge is -2.09. The molecular formula is C14H17BrN2O2. The molecule has 102 valence electrons. The maximum absolute atomic E-state index is 11.7. The van der Waals surface area contributed by atoms with Gasteiger partial charge >= 0.3 is 0 Å². The fraction of sp³-hybridized carbons (Fsp3) is 0.429. The highest BCUT2D eigenvalue weighted by Gasteiger charge is 2.27. The van der Waals surface area contributed by atoms with Crippen molar-refractivity contribution < 1.29 is 9.59 Å². The van der Waals surface area contributed by atoms with Gasteiger partial charge in [-0.3, -0.25) is 9.59 Å². The summed E-state index contributed by atoms with van der Waals surface area (Å²) < 4.78 is 1.07. The van der Waals surface area contributed by atoms with Crippen LogP contribution in [0.3, 0.4) is 0 Å². The zero-order chi connectivity index (χ0) is 13.7. The lowest BCUT2D eigenvalue weighted by atomic mass is 10.1. The van der Waals surface area contributed by atoms with Crippen molar-refractivity contribution in [2.75, 3.05) is 13.1 Å². The Hall–Kier alpha value is -1.36. The zero-order valence-electron chi connectivity index (χ0n) is 10.6. The molecular weight excluding hydrogens is 308 g/mol. The van der Waals surface area contributed by atoms with Gasteiger partial charge in [0.2, 0.25) is 11.8 Å². The highest BCUT2D eigenvalue weighted by molar-refractivity contribution is 9.10. The minimum Gasteiger partial charge on any atom is -0.356 e. The Kier molecular flexibility index (Phi) is 4.96. The summed E-state index contributed by atoms with van der Waals surface area (Å²) in [5, 5.41) is 5.55. The van der Waals surface area contributed by atoms with E-state index in [1.807, 2.05) is 12.1 Å². The fourth-order valence-corrected chi connectivity index (χ4v) is 2.35. The first-order valence-corrected chi connectivity index (χ1v) is 7.23. The van der Waals surface area contributed by atoms with Gasteiger partial charge in [0, 0.05) is 24.0 Å². The first kappa shape index (κ1) is 14.1. The molecule has 0 aliphatic carbocycles. The van der Waals surface area contributed by atoms with Crippen molar-refractivity contribution in [3.05, 3.63) is 34.3 Å². The molecule has 1 atom stereocenters. The van der Waals surface area contributed by atoms with Gasteiger partial charge in [-0.1, -0.05) is 28.1 Å². The van der Waals surface area contributed by atoms with Crippen LogP contribution in [0.2, 0.25) is 0 Å². The summed E-state index contributed by atoms with van der Waals surface area (Å²) in [4.78, 5) is 22.7. The third kappa shape index (κ3) is 4.35. The average Bonchev–Trinajstić information content (AvgIpc) is 2.83. The molecule has 1 fully saturated rings. The van der Waals surface area contributed by atoms with Crippen molar-refractivity contribution in [2.45, 2.75) is 19.3 Å². The van der Waals surface area contributed by atoms with Crippen molar-refractivity contribution >= 4 is 27.7 Å². The van der Waals surface area contributed by atoms with Gasteiger partial charge < -0.3 is 10.6 Å². The van der Waals surface area contributed by atoms with Crippen LogP contribution >= 0.6 is 15.9 Å². The summed E-state index contributed by atoms with van der Waals surface area (Å²) >= 11 is 3.40. The molecule has 0 spiro atoms. The summed E-state index contributed by atoms with van der Waals surface area (Å²) in [6.07, 6.45) is 2.16. The van der Waals surface area contributed by atoms with Crippen LogP contribution in [0.5, 0.6) is 0 Å². The number of nitrogens with one attached hydrogen (secondary N) is 2. The van der Waals surface area contributed by atoms with Crippen LogP contribution in [0.4, 0.5) is 0 Å². The predicted octanol–water partition coefficient (Wildman–Crippen LogP) is 1.63. The maximum atomic E-state index is 11.7. The molecule has 1 aromatic rings. The topological polar surface area (TPSA) is 58.2 Å². The van der Waals surface area contributed by atoms with E-state index in [-0.39, 0.29) is 17.7 Å². The van der Waals surface area contributed by atoms with E-state index in [0.717, 1.165) is 17.3 Å². The number of carbonyl (C=O) groups excluding carboxylic acids is 2. The molecule has 2 N–H and O–H groups in total. The molecule has 5 heteroatoms. The summed E-state index contributed by atoms with van der Waals surface area (Å²) in [5.41, 5.74) is 1.26. The number of rotatable bonds is 5. The van der Waals surface area contributed by atoms with E-state index in [1.54, 1.807) is 0 Å². The summed E-state index contributed by atoms with van der Waals surface area (Å²) in [6.45, 7) is 1.12. The normalized spacial score (nSPS) is 18.2. The largest absolute Gasteiger partial charge is 0.356 e. The molecule has 0 radical (unpaired) electrons. The Morgan fingerprint density at radius 2 is 2.11 bits per heavy atom. The number of hydrogen-bond acceptors (Lipinski definition) is 2. The van der Waals surface area contributed by atoms with Crippen LogP contribution in [0.1, 0.15) is 18.4 Å². The lowest BCUT2D eigenvalue weighted by Crippen LogP contribution is -2.32. The maximum Gasteiger partial charge on any atom is 0.225 e. The highest BCUT2D eigenvalue weighted by atomic mass is 79.9. The second-order valence-corrected chi connectivity index (χ2v) is 5.64. The third-order valence-electron chi connectivity index (χ3n) is 3.20. The van der Waals surface area contributed by atoms with Crippen LogP contribution in [0.25, 0.3) is 0 Å². The van der Waals surface area contributed by atoms with Gasteiger partial charge in [0.15, 0.2) is 0 Å². The molecule has 4 nitrogen and oxygen atoms in total. The molecule has 0 saturated carbocycles. The standard InChI is InChI=1S/C14H17BrN2O2/c15-12-5-3-10(4-6-12)2-1-7-16-14(19)11-8-13(18)17-9-11/h3-6,11H,1-2,7-9H2,(H,16,19)(H,17,18). The summed E-state index contributed by atoms with van der Waals surface area (Å²) in [7, 11) is 0. The minimum absolute atomic E-state index is 0.0193. The molecule has 1 heterocycles. The molecule has 2 amide bonds. The molecule has 0 aromatic heterocycles. The van der Waals surface area contributed by atoms with Crippen LogP contribution in [0, 0.1) is 5.92 Å². The monoisotopic (exact) mass is 324 g/mol. The minimum atomic E-state index is -0.194. The lowest BCUT2D eigenvalue weighted by molar-refractivity contribution is -0.126. The average molecular weight is 325 g/mol. The van der Waals surface area contributed by atoms with E-state index in [4.69, 9.17) is 0 Å². The van der Waals surface area contributed by atoms with Crippen molar-refractivity contribution in [3.8, 4) is 0 Å². The predicted molar refractivity (Wildman–Crippen MR) is 76.6 cm³/mol. The van der Waals surface area contributed by atoms with Gasteiger partial charge in [0.25, 0.3) is 0 Å². The number of halogens is 1. The van der Waals surface area contributed by atoms with Gasteiger partial charge in [-0.25, -0.2) is 0 Å². The highest BCUT2D eigenvalue weighted by Crippen LogP contribution is 2.12. The second kappa shape index (κ2) is 6.70. The number of hydrogen-bond donors (Lipinski definition) is 2. The Morgan fingerprint density at radius 1 is 1.37 bits per heavy atom. The molecule has 1 aliphatic rings. The van der Waals surface area contributed by atoms with Gasteiger partial charge in [-0.2, -0.15) is 0 Å². The number of benzene rings is 1. The van der Waals surface area contributed by atoms with E-state index in [1.165, 1.54) is 5.56 Å².